The van der Waals surface area contributed by atoms with Crippen molar-refractivity contribution in [1.82, 2.24) is 9.97 Å². The van der Waals surface area contributed by atoms with Crippen molar-refractivity contribution in [1.29, 1.82) is 0 Å². The molecular formula is C11H11N3O. The van der Waals surface area contributed by atoms with Crippen molar-refractivity contribution in [2.24, 2.45) is 0 Å². The minimum atomic E-state index is 0.273. The number of hydrogen-bond acceptors (Lipinski definition) is 4. The van der Waals surface area contributed by atoms with E-state index in [0.29, 0.717) is 0 Å². The maximum absolute atomic E-state index is 5.51. The number of hydrogen-bond donors (Lipinski definition) is 1. The van der Waals surface area contributed by atoms with Gasteiger partial charge in [-0.15, -0.1) is 0 Å². The van der Waals surface area contributed by atoms with Crippen molar-refractivity contribution < 1.29 is 4.74 Å². The number of anilines is 1. The zero-order chi connectivity index (χ0) is 10.5. The van der Waals surface area contributed by atoms with Crippen molar-refractivity contribution >= 4 is 11.5 Å². The molecule has 0 saturated heterocycles. The lowest BCUT2D eigenvalue weighted by Crippen LogP contribution is -1.98. The Bertz CT molecular complexity index is 435. The van der Waals surface area contributed by atoms with Gasteiger partial charge in [-0.25, -0.2) is 9.97 Å². The van der Waals surface area contributed by atoms with E-state index >= 15 is 0 Å². The molecule has 0 bridgehead atoms. The first-order valence-electron chi connectivity index (χ1n) is 4.61. The summed E-state index contributed by atoms with van der Waals surface area (Å²) in [6.45, 7) is 0. The summed E-state index contributed by atoms with van der Waals surface area (Å²) in [5.74, 6) is 0.273. The first-order chi connectivity index (χ1) is 7.36. The van der Waals surface area contributed by atoms with Gasteiger partial charge in [-0.1, -0.05) is 12.2 Å². The topological polar surface area (TPSA) is 61.0 Å². The number of nitrogens with zero attached hydrogens (tertiary/aromatic N) is 2. The number of aromatic nitrogens is 2. The third-order valence-corrected chi connectivity index (χ3v) is 1.96. The lowest BCUT2D eigenvalue weighted by Gasteiger charge is -2.05. The predicted molar refractivity (Wildman–Crippen MR) is 58.4 cm³/mol. The molecule has 1 aliphatic heterocycles. The van der Waals surface area contributed by atoms with Crippen LogP contribution in [0.2, 0.25) is 0 Å². The fourth-order valence-corrected chi connectivity index (χ4v) is 1.25. The summed E-state index contributed by atoms with van der Waals surface area (Å²) in [4.78, 5) is 7.97. The Balaban J connectivity index is 2.30. The molecule has 0 unspecified atom stereocenters. The highest BCUT2D eigenvalue weighted by Crippen LogP contribution is 2.18. The van der Waals surface area contributed by atoms with Gasteiger partial charge in [0.05, 0.1) is 18.2 Å². The van der Waals surface area contributed by atoms with Crippen molar-refractivity contribution in [2.75, 3.05) is 5.73 Å². The van der Waals surface area contributed by atoms with Crippen molar-refractivity contribution in [2.45, 2.75) is 6.42 Å². The Morgan fingerprint density at radius 1 is 1.33 bits per heavy atom. The molecular weight excluding hydrogens is 190 g/mol. The van der Waals surface area contributed by atoms with Crippen LogP contribution in [0.1, 0.15) is 12.1 Å². The molecule has 2 heterocycles. The molecule has 1 aliphatic rings. The number of rotatable bonds is 1. The molecule has 2 rings (SSSR count). The number of nitrogen functional groups attached to an aromatic ring is 1. The van der Waals surface area contributed by atoms with Gasteiger partial charge in [0.25, 0.3) is 0 Å². The molecule has 0 spiro atoms. The lowest BCUT2D eigenvalue weighted by molar-refractivity contribution is 0.403. The van der Waals surface area contributed by atoms with Gasteiger partial charge < -0.3 is 10.5 Å². The van der Waals surface area contributed by atoms with Crippen LogP contribution in [-0.2, 0) is 4.74 Å². The standard InChI is InChI=1S/C11H11N3O/c12-11-13-6-5-10(14-11)9-4-2-1-3-7-15-8-9/h1-3,5-8H,4H2,(H2,12,13,14). The second-order valence-corrected chi connectivity index (χ2v) is 3.04. The maximum atomic E-state index is 5.51. The minimum Gasteiger partial charge on any atom is -0.472 e. The van der Waals surface area contributed by atoms with E-state index in [1.807, 2.05) is 24.3 Å². The predicted octanol–water partition coefficient (Wildman–Crippen LogP) is 1.89. The molecule has 1 aromatic heterocycles. The monoisotopic (exact) mass is 201 g/mol. The van der Waals surface area contributed by atoms with Crippen LogP contribution in [0.25, 0.3) is 5.57 Å². The van der Waals surface area contributed by atoms with Crippen LogP contribution in [0.3, 0.4) is 0 Å². The first-order valence-corrected chi connectivity index (χ1v) is 4.61. The maximum Gasteiger partial charge on any atom is 0.220 e. The molecule has 0 atom stereocenters. The summed E-state index contributed by atoms with van der Waals surface area (Å²) < 4.78 is 5.19. The van der Waals surface area contributed by atoms with Crippen LogP contribution in [0, 0.1) is 0 Å². The summed E-state index contributed by atoms with van der Waals surface area (Å²) in [6.07, 6.45) is 11.5. The fourth-order valence-electron chi connectivity index (χ4n) is 1.25. The molecule has 4 heteroatoms. The second kappa shape index (κ2) is 4.41. The Morgan fingerprint density at radius 3 is 3.13 bits per heavy atom. The molecule has 0 aromatic carbocycles. The normalized spacial score (nSPS) is 15.1. The van der Waals surface area contributed by atoms with Crippen LogP contribution in [0.5, 0.6) is 0 Å². The van der Waals surface area contributed by atoms with E-state index in [1.165, 1.54) is 0 Å². The van der Waals surface area contributed by atoms with Crippen molar-refractivity contribution in [3.05, 3.63) is 48.7 Å². The molecule has 76 valence electrons. The van der Waals surface area contributed by atoms with Gasteiger partial charge >= 0.3 is 0 Å². The molecule has 0 aliphatic carbocycles. The van der Waals surface area contributed by atoms with E-state index in [1.54, 1.807) is 18.7 Å². The van der Waals surface area contributed by atoms with E-state index in [4.69, 9.17) is 10.5 Å². The Hall–Kier alpha value is -2.10. The molecule has 2 N–H and O–H groups in total. The third kappa shape index (κ3) is 2.43. The third-order valence-electron chi connectivity index (χ3n) is 1.96. The summed E-state index contributed by atoms with van der Waals surface area (Å²) in [7, 11) is 0. The van der Waals surface area contributed by atoms with Gasteiger partial charge in [0, 0.05) is 11.8 Å². The first kappa shape index (κ1) is 9.45. The zero-order valence-electron chi connectivity index (χ0n) is 8.13. The minimum absolute atomic E-state index is 0.273. The number of allylic oxidation sites excluding steroid dienone is 4. The highest BCUT2D eigenvalue weighted by atomic mass is 16.5. The van der Waals surface area contributed by atoms with E-state index in [9.17, 15) is 0 Å². The molecule has 4 nitrogen and oxygen atoms in total. The molecule has 0 amide bonds. The molecule has 1 aromatic rings. The van der Waals surface area contributed by atoms with Crippen molar-refractivity contribution in [3.8, 4) is 0 Å². The van der Waals surface area contributed by atoms with Crippen LogP contribution in [0.15, 0.2) is 43.0 Å². The number of ether oxygens (including phenoxy) is 1. The summed E-state index contributed by atoms with van der Waals surface area (Å²) >= 11 is 0. The summed E-state index contributed by atoms with van der Waals surface area (Å²) in [5.41, 5.74) is 7.28. The molecule has 15 heavy (non-hydrogen) atoms. The Labute approximate surface area is 87.8 Å². The van der Waals surface area contributed by atoms with Crippen LogP contribution < -0.4 is 5.73 Å². The van der Waals surface area contributed by atoms with Gasteiger partial charge in [-0.05, 0) is 18.6 Å². The lowest BCUT2D eigenvalue weighted by atomic mass is 10.1. The fraction of sp³-hybridized carbons (Fsp3) is 0.0909. The van der Waals surface area contributed by atoms with Crippen LogP contribution in [0.4, 0.5) is 5.95 Å². The van der Waals surface area contributed by atoms with E-state index in [0.717, 1.165) is 17.7 Å². The van der Waals surface area contributed by atoms with E-state index in [2.05, 4.69) is 9.97 Å². The van der Waals surface area contributed by atoms with Gasteiger partial charge in [0.1, 0.15) is 0 Å². The molecule has 0 saturated carbocycles. The highest BCUT2D eigenvalue weighted by molar-refractivity contribution is 5.63. The van der Waals surface area contributed by atoms with Crippen molar-refractivity contribution in [3.63, 3.8) is 0 Å². The Morgan fingerprint density at radius 2 is 2.27 bits per heavy atom. The quantitative estimate of drug-likeness (QED) is 0.753. The van der Waals surface area contributed by atoms with E-state index < -0.39 is 0 Å². The summed E-state index contributed by atoms with van der Waals surface area (Å²) in [5, 5.41) is 0. The average Bonchev–Trinajstić information content (AvgIpc) is 2.16. The highest BCUT2D eigenvalue weighted by Gasteiger charge is 2.03. The van der Waals surface area contributed by atoms with E-state index in [-0.39, 0.29) is 5.95 Å². The van der Waals surface area contributed by atoms with Crippen LogP contribution >= 0.6 is 0 Å². The molecule has 0 radical (unpaired) electrons. The van der Waals surface area contributed by atoms with Gasteiger partial charge in [0.15, 0.2) is 0 Å². The van der Waals surface area contributed by atoms with Crippen LogP contribution in [-0.4, -0.2) is 9.97 Å². The van der Waals surface area contributed by atoms with Gasteiger partial charge in [-0.3, -0.25) is 0 Å². The second-order valence-electron chi connectivity index (χ2n) is 3.04. The summed E-state index contributed by atoms with van der Waals surface area (Å²) in [6, 6.07) is 1.81. The van der Waals surface area contributed by atoms with Gasteiger partial charge in [-0.2, -0.15) is 0 Å². The molecule has 0 fully saturated rings. The largest absolute Gasteiger partial charge is 0.472 e. The number of nitrogens with two attached hydrogens (primary N) is 1. The Kier molecular flexibility index (Phi) is 2.78. The smallest absolute Gasteiger partial charge is 0.220 e. The SMILES string of the molecule is Nc1nccc(C2=COC=CC=CC2)n1. The zero-order valence-corrected chi connectivity index (χ0v) is 8.13. The van der Waals surface area contributed by atoms with Gasteiger partial charge in [0.2, 0.25) is 5.95 Å². The average molecular weight is 201 g/mol.